The monoisotopic (exact) mass is 372 g/mol. The van der Waals surface area contributed by atoms with E-state index in [1.54, 1.807) is 0 Å². The highest BCUT2D eigenvalue weighted by molar-refractivity contribution is 7.86. The van der Waals surface area contributed by atoms with Gasteiger partial charge in [0.2, 0.25) is 0 Å². The molecule has 0 aromatic heterocycles. The van der Waals surface area contributed by atoms with Gasteiger partial charge in [-0.3, -0.25) is 9.11 Å². The second kappa shape index (κ2) is 12.2. The third kappa shape index (κ3) is 15.1. The van der Waals surface area contributed by atoms with E-state index in [1.807, 2.05) is 0 Å². The van der Waals surface area contributed by atoms with E-state index in [4.69, 9.17) is 4.55 Å². The van der Waals surface area contributed by atoms with Crippen LogP contribution in [-0.2, 0) is 20.2 Å². The van der Waals surface area contributed by atoms with Gasteiger partial charge in [-0.25, -0.2) is 0 Å². The molecule has 0 aliphatic rings. The van der Waals surface area contributed by atoms with Crippen LogP contribution in [0.4, 0.5) is 0 Å². The molecule has 1 atom stereocenters. The summed E-state index contributed by atoms with van der Waals surface area (Å²) in [5.74, 6) is -0.224. The number of unbranched alkanes of at least 4 members (excludes halogenated alkanes) is 8. The Morgan fingerprint density at radius 1 is 0.696 bits per heavy atom. The normalized spacial score (nSPS) is 14.0. The van der Waals surface area contributed by atoms with Crippen LogP contribution in [0.25, 0.3) is 0 Å². The maximum absolute atomic E-state index is 11.4. The lowest BCUT2D eigenvalue weighted by atomic mass is 10.0. The lowest BCUT2D eigenvalue weighted by Gasteiger charge is -2.13. The molecule has 0 heterocycles. The quantitative estimate of drug-likeness (QED) is 0.334. The molecule has 0 aliphatic heterocycles. The molecule has 23 heavy (non-hydrogen) atoms. The van der Waals surface area contributed by atoms with Crippen LogP contribution in [0.2, 0.25) is 0 Å². The van der Waals surface area contributed by atoms with Crippen molar-refractivity contribution in [2.75, 3.05) is 5.75 Å². The zero-order chi connectivity index (χ0) is 17.8. The fraction of sp³-hybridized carbons (Fsp3) is 1.00. The Kier molecular flexibility index (Phi) is 12.1. The van der Waals surface area contributed by atoms with Crippen molar-refractivity contribution in [1.29, 1.82) is 0 Å². The van der Waals surface area contributed by atoms with Gasteiger partial charge in [0.1, 0.15) is 0 Å². The lowest BCUT2D eigenvalue weighted by molar-refractivity contribution is 0.442. The van der Waals surface area contributed by atoms with E-state index in [-0.39, 0.29) is 5.75 Å². The van der Waals surface area contributed by atoms with Crippen LogP contribution in [0.3, 0.4) is 0 Å². The first kappa shape index (κ1) is 22.8. The van der Waals surface area contributed by atoms with Crippen molar-refractivity contribution in [2.45, 2.75) is 89.2 Å². The molecule has 0 amide bonds. The zero-order valence-corrected chi connectivity index (χ0v) is 15.7. The molecule has 0 bridgehead atoms. The average Bonchev–Trinajstić information content (AvgIpc) is 2.41. The van der Waals surface area contributed by atoms with Gasteiger partial charge in [-0.05, 0) is 19.3 Å². The maximum Gasteiger partial charge on any atom is 0.267 e. The summed E-state index contributed by atoms with van der Waals surface area (Å²) in [5.41, 5.74) is 0. The third-order valence-corrected chi connectivity index (χ3v) is 6.10. The van der Waals surface area contributed by atoms with Crippen molar-refractivity contribution < 1.29 is 25.9 Å². The summed E-state index contributed by atoms with van der Waals surface area (Å²) in [7, 11) is -7.87. The third-order valence-electron chi connectivity index (χ3n) is 3.98. The first-order valence-electron chi connectivity index (χ1n) is 8.58. The van der Waals surface area contributed by atoms with E-state index >= 15 is 0 Å². The molecule has 0 spiro atoms. The van der Waals surface area contributed by atoms with Crippen LogP contribution in [0.1, 0.15) is 84.0 Å². The van der Waals surface area contributed by atoms with Crippen molar-refractivity contribution in [1.82, 2.24) is 0 Å². The van der Waals surface area contributed by atoms with Gasteiger partial charge in [0.15, 0.2) is 0 Å². The standard InChI is InChI=1S/C15H32O6S2/c1-2-3-4-6-9-12-15(23(19,20)21)13-10-7-5-8-11-14-22(16,17)18/h15H,2-14H2,1H3,(H,16,17,18)(H,19,20,21). The Morgan fingerprint density at radius 2 is 1.13 bits per heavy atom. The van der Waals surface area contributed by atoms with Crippen LogP contribution in [0, 0.1) is 0 Å². The number of hydrogen-bond acceptors (Lipinski definition) is 4. The maximum atomic E-state index is 11.4. The average molecular weight is 373 g/mol. The van der Waals surface area contributed by atoms with Gasteiger partial charge >= 0.3 is 0 Å². The Hall–Kier alpha value is -0.180. The van der Waals surface area contributed by atoms with Gasteiger partial charge in [0.25, 0.3) is 20.2 Å². The minimum atomic E-state index is -3.99. The minimum absolute atomic E-state index is 0.224. The summed E-state index contributed by atoms with van der Waals surface area (Å²) in [6, 6.07) is 0. The lowest BCUT2D eigenvalue weighted by Crippen LogP contribution is -2.20. The Balaban J connectivity index is 3.85. The van der Waals surface area contributed by atoms with Gasteiger partial charge in [-0.1, -0.05) is 64.7 Å². The second-order valence-electron chi connectivity index (χ2n) is 6.18. The summed E-state index contributed by atoms with van der Waals surface area (Å²) < 4.78 is 61.8. The van der Waals surface area contributed by atoms with E-state index in [0.29, 0.717) is 32.1 Å². The van der Waals surface area contributed by atoms with Crippen LogP contribution >= 0.6 is 0 Å². The highest BCUT2D eigenvalue weighted by atomic mass is 32.2. The molecule has 0 saturated carbocycles. The largest absolute Gasteiger partial charge is 0.286 e. The van der Waals surface area contributed by atoms with Gasteiger partial charge < -0.3 is 0 Å². The van der Waals surface area contributed by atoms with E-state index in [1.165, 1.54) is 0 Å². The molecular weight excluding hydrogens is 340 g/mol. The van der Waals surface area contributed by atoms with Crippen LogP contribution in [0.5, 0.6) is 0 Å². The molecule has 6 nitrogen and oxygen atoms in total. The SMILES string of the molecule is CCCCCCCC(CCCCCCCS(=O)(=O)O)S(=O)(=O)O. The van der Waals surface area contributed by atoms with Gasteiger partial charge in [-0.2, -0.15) is 16.8 Å². The molecule has 1 unspecified atom stereocenters. The van der Waals surface area contributed by atoms with Gasteiger partial charge in [-0.15, -0.1) is 0 Å². The molecule has 0 aromatic rings. The van der Waals surface area contributed by atoms with E-state index in [9.17, 15) is 21.4 Å². The van der Waals surface area contributed by atoms with Crippen molar-refractivity contribution in [2.24, 2.45) is 0 Å². The van der Waals surface area contributed by atoms with E-state index in [2.05, 4.69) is 6.92 Å². The second-order valence-corrected chi connectivity index (χ2v) is 9.45. The summed E-state index contributed by atoms with van der Waals surface area (Å²) in [5, 5.41) is -0.679. The van der Waals surface area contributed by atoms with Gasteiger partial charge in [0, 0.05) is 0 Å². The number of hydrogen-bond donors (Lipinski definition) is 2. The van der Waals surface area contributed by atoms with E-state index in [0.717, 1.165) is 44.9 Å². The van der Waals surface area contributed by atoms with Crippen molar-refractivity contribution in [3.05, 3.63) is 0 Å². The fourth-order valence-corrected chi connectivity index (χ4v) is 4.10. The predicted octanol–water partition coefficient (Wildman–Crippen LogP) is 3.83. The van der Waals surface area contributed by atoms with Crippen LogP contribution in [-0.4, -0.2) is 36.9 Å². The molecule has 0 rings (SSSR count). The van der Waals surface area contributed by atoms with Crippen LogP contribution < -0.4 is 0 Å². The topological polar surface area (TPSA) is 109 Å². The molecule has 0 aliphatic carbocycles. The van der Waals surface area contributed by atoms with E-state index < -0.39 is 25.5 Å². The minimum Gasteiger partial charge on any atom is -0.286 e. The van der Waals surface area contributed by atoms with Crippen molar-refractivity contribution >= 4 is 20.2 Å². The first-order valence-corrected chi connectivity index (χ1v) is 11.7. The Morgan fingerprint density at radius 3 is 1.57 bits per heavy atom. The molecular formula is C15H32O6S2. The van der Waals surface area contributed by atoms with Crippen molar-refractivity contribution in [3.63, 3.8) is 0 Å². The first-order chi connectivity index (χ1) is 10.7. The summed E-state index contributed by atoms with van der Waals surface area (Å²) in [4.78, 5) is 0. The number of rotatable bonds is 15. The molecule has 0 aromatic carbocycles. The smallest absolute Gasteiger partial charge is 0.267 e. The summed E-state index contributed by atoms with van der Waals surface area (Å²) >= 11 is 0. The fourth-order valence-electron chi connectivity index (χ4n) is 2.60. The highest BCUT2D eigenvalue weighted by Gasteiger charge is 2.21. The summed E-state index contributed by atoms with van der Waals surface area (Å²) in [6.07, 6.45) is 9.56. The molecule has 2 N–H and O–H groups in total. The Bertz CT molecular complexity index is 484. The van der Waals surface area contributed by atoms with Crippen LogP contribution in [0.15, 0.2) is 0 Å². The summed E-state index contributed by atoms with van der Waals surface area (Å²) in [6.45, 7) is 2.12. The van der Waals surface area contributed by atoms with Crippen molar-refractivity contribution in [3.8, 4) is 0 Å². The molecule has 0 radical (unpaired) electrons. The zero-order valence-electron chi connectivity index (χ0n) is 14.1. The highest BCUT2D eigenvalue weighted by Crippen LogP contribution is 2.18. The predicted molar refractivity (Wildman–Crippen MR) is 92.8 cm³/mol. The van der Waals surface area contributed by atoms with Gasteiger partial charge in [0.05, 0.1) is 11.0 Å². The molecule has 0 fully saturated rings. The Labute approximate surface area is 141 Å². The molecule has 140 valence electrons. The molecule has 0 saturated heterocycles. The molecule has 8 heteroatoms.